The van der Waals surface area contributed by atoms with E-state index in [1.54, 1.807) is 36.4 Å². The fourth-order valence-electron chi connectivity index (χ4n) is 2.53. The Labute approximate surface area is 156 Å². The number of rotatable bonds is 4. The molecule has 136 valence electrons. The topological polar surface area (TPSA) is 73.9 Å². The number of hydrogen-bond acceptors (Lipinski definition) is 5. The van der Waals surface area contributed by atoms with Crippen molar-refractivity contribution in [1.29, 1.82) is 0 Å². The molecule has 1 heterocycles. The number of hydrogen-bond donors (Lipinski definition) is 1. The van der Waals surface area contributed by atoms with Crippen LogP contribution in [0.2, 0.25) is 5.02 Å². The van der Waals surface area contributed by atoms with Gasteiger partial charge in [-0.3, -0.25) is 4.79 Å². The van der Waals surface area contributed by atoms with Crippen LogP contribution in [0.15, 0.2) is 36.4 Å². The molecular formula is C19H18ClNO5. The van der Waals surface area contributed by atoms with E-state index in [2.05, 4.69) is 5.32 Å². The Morgan fingerprint density at radius 1 is 1.19 bits per heavy atom. The lowest BCUT2D eigenvalue weighted by atomic mass is 10.2. The summed E-state index contributed by atoms with van der Waals surface area (Å²) in [6.45, 7) is 2.53. The first-order valence-corrected chi connectivity index (χ1v) is 8.53. The molecule has 2 aromatic carbocycles. The number of amides is 1. The highest BCUT2D eigenvalue weighted by molar-refractivity contribution is 6.32. The Balaban J connectivity index is 1.69. The highest BCUT2D eigenvalue weighted by atomic mass is 35.5. The van der Waals surface area contributed by atoms with Gasteiger partial charge in [-0.05, 0) is 35.9 Å². The molecule has 7 heteroatoms. The summed E-state index contributed by atoms with van der Waals surface area (Å²) in [7, 11) is 0. The average molecular weight is 376 g/mol. The Kier molecular flexibility index (Phi) is 5.63. The second-order valence-electron chi connectivity index (χ2n) is 5.79. The Bertz CT molecular complexity index is 837. The van der Waals surface area contributed by atoms with E-state index in [-0.39, 0.29) is 12.5 Å². The van der Waals surface area contributed by atoms with Gasteiger partial charge in [0.1, 0.15) is 6.61 Å². The molecule has 1 aliphatic rings. The van der Waals surface area contributed by atoms with E-state index in [0.717, 1.165) is 6.42 Å². The van der Waals surface area contributed by atoms with E-state index in [4.69, 9.17) is 25.8 Å². The van der Waals surface area contributed by atoms with Crippen LogP contribution in [-0.4, -0.2) is 25.1 Å². The minimum Gasteiger partial charge on any atom is -0.489 e. The fraction of sp³-hybridized carbons (Fsp3) is 0.263. The van der Waals surface area contributed by atoms with Crippen LogP contribution in [0.4, 0.5) is 5.69 Å². The maximum Gasteiger partial charge on any atom is 0.338 e. The van der Waals surface area contributed by atoms with Gasteiger partial charge in [0.15, 0.2) is 11.5 Å². The first kappa shape index (κ1) is 18.1. The number of benzene rings is 2. The zero-order valence-corrected chi connectivity index (χ0v) is 15.0. The van der Waals surface area contributed by atoms with Crippen LogP contribution in [0.1, 0.15) is 29.3 Å². The normalized spacial score (nSPS) is 12.8. The fourth-order valence-corrected chi connectivity index (χ4v) is 2.81. The zero-order valence-electron chi connectivity index (χ0n) is 14.2. The van der Waals surface area contributed by atoms with Crippen LogP contribution in [0.3, 0.4) is 0 Å². The molecule has 0 saturated heterocycles. The summed E-state index contributed by atoms with van der Waals surface area (Å²) in [4.78, 5) is 23.4. The monoisotopic (exact) mass is 375 g/mol. The molecule has 0 unspecified atom stereocenters. The number of nitrogens with one attached hydrogen (secondary N) is 1. The Morgan fingerprint density at radius 2 is 2.00 bits per heavy atom. The molecule has 0 atom stereocenters. The molecule has 6 nitrogen and oxygen atoms in total. The second-order valence-corrected chi connectivity index (χ2v) is 6.20. The van der Waals surface area contributed by atoms with Crippen molar-refractivity contribution in [3.05, 3.63) is 52.5 Å². The Morgan fingerprint density at radius 3 is 2.81 bits per heavy atom. The minimum absolute atomic E-state index is 0.0412. The van der Waals surface area contributed by atoms with Gasteiger partial charge in [0.05, 0.1) is 23.8 Å². The third-order valence-corrected chi connectivity index (χ3v) is 3.93. The van der Waals surface area contributed by atoms with Crippen LogP contribution in [-0.2, 0) is 16.1 Å². The number of ether oxygens (including phenoxy) is 3. The van der Waals surface area contributed by atoms with E-state index in [9.17, 15) is 9.59 Å². The maximum absolute atomic E-state index is 12.3. The third-order valence-electron chi connectivity index (χ3n) is 3.65. The number of carbonyl (C=O) groups excluding carboxylic acids is 2. The average Bonchev–Trinajstić information content (AvgIpc) is 2.85. The van der Waals surface area contributed by atoms with Crippen LogP contribution < -0.4 is 14.8 Å². The van der Waals surface area contributed by atoms with Crippen molar-refractivity contribution in [3.8, 4) is 11.5 Å². The maximum atomic E-state index is 12.3. The first-order chi connectivity index (χ1) is 12.5. The van der Waals surface area contributed by atoms with E-state index >= 15 is 0 Å². The second kappa shape index (κ2) is 8.10. The summed E-state index contributed by atoms with van der Waals surface area (Å²) >= 11 is 6.24. The number of halogens is 1. The standard InChI is InChI=1S/C19H18ClNO5/c1-12(22)21-15-5-2-4-14(10-15)19(23)26-11-13-8-16(20)18-17(9-13)24-6-3-7-25-18/h2,4-5,8-10H,3,6-7,11H2,1H3,(H,21,22). The summed E-state index contributed by atoms with van der Waals surface area (Å²) < 4.78 is 16.5. The van der Waals surface area contributed by atoms with Crippen molar-refractivity contribution in [3.63, 3.8) is 0 Å². The predicted molar refractivity (Wildman–Crippen MR) is 96.9 cm³/mol. The molecule has 3 rings (SSSR count). The van der Waals surface area contributed by atoms with Crippen molar-refractivity contribution in [2.24, 2.45) is 0 Å². The molecule has 1 N–H and O–H groups in total. The van der Waals surface area contributed by atoms with Crippen molar-refractivity contribution in [1.82, 2.24) is 0 Å². The third kappa shape index (κ3) is 4.46. The van der Waals surface area contributed by atoms with Crippen molar-refractivity contribution in [2.75, 3.05) is 18.5 Å². The summed E-state index contributed by atoms with van der Waals surface area (Å²) in [5.41, 5.74) is 1.58. The van der Waals surface area contributed by atoms with Gasteiger partial charge in [0.2, 0.25) is 5.91 Å². The van der Waals surface area contributed by atoms with Crippen LogP contribution in [0.25, 0.3) is 0 Å². The lowest BCUT2D eigenvalue weighted by molar-refractivity contribution is -0.114. The predicted octanol–water partition coefficient (Wildman–Crippen LogP) is 3.82. The highest BCUT2D eigenvalue weighted by Crippen LogP contribution is 2.38. The molecule has 0 saturated carbocycles. The first-order valence-electron chi connectivity index (χ1n) is 8.16. The van der Waals surface area contributed by atoms with E-state index in [1.807, 2.05) is 0 Å². The molecule has 1 amide bonds. The lowest BCUT2D eigenvalue weighted by Gasteiger charge is -2.12. The Hall–Kier alpha value is -2.73. The van der Waals surface area contributed by atoms with Gasteiger partial charge in [0, 0.05) is 19.0 Å². The molecule has 0 aromatic heterocycles. The number of esters is 1. The van der Waals surface area contributed by atoms with E-state index in [1.165, 1.54) is 6.92 Å². The molecule has 0 radical (unpaired) electrons. The van der Waals surface area contributed by atoms with Gasteiger partial charge >= 0.3 is 5.97 Å². The smallest absolute Gasteiger partial charge is 0.338 e. The van der Waals surface area contributed by atoms with Gasteiger partial charge in [-0.15, -0.1) is 0 Å². The summed E-state index contributed by atoms with van der Waals surface area (Å²) in [6.07, 6.45) is 0.778. The molecule has 2 aromatic rings. The number of anilines is 1. The zero-order chi connectivity index (χ0) is 18.5. The molecular weight excluding hydrogens is 358 g/mol. The van der Waals surface area contributed by atoms with Crippen molar-refractivity contribution >= 4 is 29.2 Å². The number of carbonyl (C=O) groups is 2. The lowest BCUT2D eigenvalue weighted by Crippen LogP contribution is -2.09. The van der Waals surface area contributed by atoms with Gasteiger partial charge in [-0.1, -0.05) is 17.7 Å². The largest absolute Gasteiger partial charge is 0.489 e. The molecule has 0 fully saturated rings. The van der Waals surface area contributed by atoms with E-state index in [0.29, 0.717) is 46.5 Å². The summed E-state index contributed by atoms with van der Waals surface area (Å²) in [5, 5.41) is 3.05. The van der Waals surface area contributed by atoms with Crippen molar-refractivity contribution < 1.29 is 23.8 Å². The molecule has 0 spiro atoms. The van der Waals surface area contributed by atoms with Crippen molar-refractivity contribution in [2.45, 2.75) is 20.0 Å². The highest BCUT2D eigenvalue weighted by Gasteiger charge is 2.16. The minimum atomic E-state index is -0.500. The van der Waals surface area contributed by atoms with E-state index < -0.39 is 5.97 Å². The van der Waals surface area contributed by atoms with Crippen LogP contribution in [0.5, 0.6) is 11.5 Å². The van der Waals surface area contributed by atoms with Crippen LogP contribution in [0, 0.1) is 0 Å². The SMILES string of the molecule is CC(=O)Nc1cccc(C(=O)OCc2cc(Cl)c3c(c2)OCCCO3)c1. The molecule has 1 aliphatic heterocycles. The summed E-state index contributed by atoms with van der Waals surface area (Å²) in [5.74, 6) is 0.355. The molecule has 26 heavy (non-hydrogen) atoms. The molecule has 0 aliphatic carbocycles. The van der Waals surface area contributed by atoms with Gasteiger partial charge in [0.25, 0.3) is 0 Å². The quantitative estimate of drug-likeness (QED) is 0.822. The van der Waals surface area contributed by atoms with Gasteiger partial charge in [-0.25, -0.2) is 4.79 Å². The van der Waals surface area contributed by atoms with Crippen LogP contribution >= 0.6 is 11.6 Å². The van der Waals surface area contributed by atoms with Gasteiger partial charge in [-0.2, -0.15) is 0 Å². The number of fused-ring (bicyclic) bond motifs is 1. The summed E-state index contributed by atoms with van der Waals surface area (Å²) in [6, 6.07) is 10.00. The molecule has 0 bridgehead atoms. The van der Waals surface area contributed by atoms with Gasteiger partial charge < -0.3 is 19.5 Å².